The average molecular weight is 345 g/mol. The summed E-state index contributed by atoms with van der Waals surface area (Å²) in [5.74, 6) is -0.379. The number of rotatable bonds is 3. The van der Waals surface area contributed by atoms with E-state index in [2.05, 4.69) is 10.3 Å². The second-order valence-electron chi connectivity index (χ2n) is 5.02. The number of halogens is 1. The molecule has 23 heavy (non-hydrogen) atoms. The normalized spacial score (nSPS) is 10.5. The number of aromatic hydroxyl groups is 1. The summed E-state index contributed by atoms with van der Waals surface area (Å²) in [6.07, 6.45) is 0. The van der Waals surface area contributed by atoms with Crippen molar-refractivity contribution in [3.63, 3.8) is 0 Å². The van der Waals surface area contributed by atoms with Crippen molar-refractivity contribution in [1.82, 2.24) is 4.98 Å². The van der Waals surface area contributed by atoms with Crippen LogP contribution in [0.4, 0.5) is 5.13 Å². The summed E-state index contributed by atoms with van der Waals surface area (Å²) in [5, 5.41) is 14.7. The molecule has 1 heterocycles. The van der Waals surface area contributed by atoms with Crippen molar-refractivity contribution >= 4 is 34.0 Å². The molecular formula is C17H13ClN2O2S. The molecule has 2 N–H and O–H groups in total. The minimum Gasteiger partial charge on any atom is -0.506 e. The van der Waals surface area contributed by atoms with Gasteiger partial charge in [-0.25, -0.2) is 4.98 Å². The Morgan fingerprint density at radius 1 is 1.22 bits per heavy atom. The average Bonchev–Trinajstić information content (AvgIpc) is 2.99. The van der Waals surface area contributed by atoms with E-state index < -0.39 is 0 Å². The Bertz CT molecular complexity index is 859. The number of hydrogen-bond donors (Lipinski definition) is 2. The van der Waals surface area contributed by atoms with Crippen molar-refractivity contribution in [2.45, 2.75) is 6.92 Å². The molecule has 2 aromatic carbocycles. The van der Waals surface area contributed by atoms with Gasteiger partial charge in [-0.05, 0) is 25.1 Å². The number of nitrogens with one attached hydrogen (secondary N) is 1. The number of phenols is 1. The van der Waals surface area contributed by atoms with E-state index in [1.165, 1.54) is 35.1 Å². The van der Waals surface area contributed by atoms with Crippen LogP contribution in [0.1, 0.15) is 15.9 Å². The molecular weight excluding hydrogens is 332 g/mol. The highest BCUT2D eigenvalue weighted by molar-refractivity contribution is 7.14. The lowest BCUT2D eigenvalue weighted by Crippen LogP contribution is -2.11. The summed E-state index contributed by atoms with van der Waals surface area (Å²) in [6.45, 7) is 2.03. The van der Waals surface area contributed by atoms with Crippen LogP contribution in [0.5, 0.6) is 5.75 Å². The molecule has 0 bridgehead atoms. The molecule has 0 atom stereocenters. The van der Waals surface area contributed by atoms with E-state index in [-0.39, 0.29) is 16.7 Å². The van der Waals surface area contributed by atoms with Crippen molar-refractivity contribution in [2.75, 3.05) is 5.32 Å². The van der Waals surface area contributed by atoms with Crippen LogP contribution in [-0.2, 0) is 0 Å². The summed E-state index contributed by atoms with van der Waals surface area (Å²) in [6, 6.07) is 12.3. The molecule has 0 aliphatic carbocycles. The van der Waals surface area contributed by atoms with Crippen molar-refractivity contribution in [2.24, 2.45) is 0 Å². The molecule has 1 aromatic heterocycles. The van der Waals surface area contributed by atoms with Gasteiger partial charge in [0, 0.05) is 16.5 Å². The number of amides is 1. The fourth-order valence-electron chi connectivity index (χ4n) is 2.01. The van der Waals surface area contributed by atoms with Crippen LogP contribution in [0, 0.1) is 6.92 Å². The molecule has 0 radical (unpaired) electrons. The first-order chi connectivity index (χ1) is 11.0. The van der Waals surface area contributed by atoms with Crippen LogP contribution in [0.25, 0.3) is 11.3 Å². The molecule has 0 unspecified atom stereocenters. The number of thiazole rings is 1. The molecule has 0 saturated heterocycles. The maximum Gasteiger partial charge on any atom is 0.257 e. The first-order valence-corrected chi connectivity index (χ1v) is 8.11. The Labute approximate surface area is 142 Å². The van der Waals surface area contributed by atoms with Crippen LogP contribution in [-0.4, -0.2) is 16.0 Å². The summed E-state index contributed by atoms with van der Waals surface area (Å²) in [4.78, 5) is 16.6. The first-order valence-electron chi connectivity index (χ1n) is 6.85. The molecule has 6 heteroatoms. The van der Waals surface area contributed by atoms with Gasteiger partial charge in [0.2, 0.25) is 0 Å². The van der Waals surface area contributed by atoms with Crippen LogP contribution in [0.2, 0.25) is 5.02 Å². The molecule has 0 saturated carbocycles. The second-order valence-corrected chi connectivity index (χ2v) is 6.29. The third kappa shape index (κ3) is 3.52. The van der Waals surface area contributed by atoms with Crippen LogP contribution in [0.15, 0.2) is 47.8 Å². The number of aryl methyl sites for hydroxylation is 1. The van der Waals surface area contributed by atoms with Crippen molar-refractivity contribution in [3.8, 4) is 17.0 Å². The number of hydrogen-bond acceptors (Lipinski definition) is 4. The first kappa shape index (κ1) is 15.5. The molecule has 1 amide bonds. The maximum absolute atomic E-state index is 12.2. The standard InChI is InChI=1S/C17H13ClN2O2S/c1-10-2-4-11(5-3-10)14-9-23-17(19-14)20-16(22)12-6-7-15(21)13(18)8-12/h2-9,21H,1H3,(H,19,20,22). The highest BCUT2D eigenvalue weighted by Gasteiger charge is 2.11. The third-order valence-corrected chi connectivity index (χ3v) is 4.34. The van der Waals surface area contributed by atoms with Crippen molar-refractivity contribution < 1.29 is 9.90 Å². The summed E-state index contributed by atoms with van der Waals surface area (Å²) >= 11 is 7.17. The number of anilines is 1. The van der Waals surface area contributed by atoms with E-state index in [1.54, 1.807) is 0 Å². The van der Waals surface area contributed by atoms with E-state index in [0.717, 1.165) is 11.3 Å². The number of nitrogens with zero attached hydrogens (tertiary/aromatic N) is 1. The highest BCUT2D eigenvalue weighted by Crippen LogP contribution is 2.27. The van der Waals surface area contributed by atoms with Crippen molar-refractivity contribution in [1.29, 1.82) is 0 Å². The van der Waals surface area contributed by atoms with E-state index in [0.29, 0.717) is 10.7 Å². The van der Waals surface area contributed by atoms with E-state index in [9.17, 15) is 9.90 Å². The molecule has 116 valence electrons. The van der Waals surface area contributed by atoms with E-state index >= 15 is 0 Å². The summed E-state index contributed by atoms with van der Waals surface area (Å²) in [5.41, 5.74) is 3.36. The summed E-state index contributed by atoms with van der Waals surface area (Å²) < 4.78 is 0. The predicted molar refractivity (Wildman–Crippen MR) is 93.4 cm³/mol. The van der Waals surface area contributed by atoms with Gasteiger partial charge in [-0.3, -0.25) is 10.1 Å². The van der Waals surface area contributed by atoms with Gasteiger partial charge < -0.3 is 5.11 Å². The zero-order valence-corrected chi connectivity index (χ0v) is 13.8. The lowest BCUT2D eigenvalue weighted by Gasteiger charge is -2.03. The number of benzene rings is 2. The van der Waals surface area contributed by atoms with Gasteiger partial charge in [-0.2, -0.15) is 0 Å². The largest absolute Gasteiger partial charge is 0.506 e. The quantitative estimate of drug-likeness (QED) is 0.722. The summed E-state index contributed by atoms with van der Waals surface area (Å²) in [7, 11) is 0. The zero-order valence-electron chi connectivity index (χ0n) is 12.2. The highest BCUT2D eigenvalue weighted by atomic mass is 35.5. The Morgan fingerprint density at radius 2 is 1.96 bits per heavy atom. The van der Waals surface area contributed by atoms with Gasteiger partial charge in [-0.15, -0.1) is 11.3 Å². The number of carbonyl (C=O) groups excluding carboxylic acids is 1. The monoisotopic (exact) mass is 344 g/mol. The molecule has 0 aliphatic rings. The zero-order chi connectivity index (χ0) is 16.4. The fourth-order valence-corrected chi connectivity index (χ4v) is 2.90. The van der Waals surface area contributed by atoms with Gasteiger partial charge in [0.15, 0.2) is 5.13 Å². The SMILES string of the molecule is Cc1ccc(-c2csc(NC(=O)c3ccc(O)c(Cl)c3)n2)cc1. The van der Waals surface area contributed by atoms with Crippen LogP contribution < -0.4 is 5.32 Å². The number of carbonyl (C=O) groups is 1. The van der Waals surface area contributed by atoms with Gasteiger partial charge in [0.1, 0.15) is 5.75 Å². The Balaban J connectivity index is 1.77. The second kappa shape index (κ2) is 6.40. The van der Waals surface area contributed by atoms with Gasteiger partial charge >= 0.3 is 0 Å². The lowest BCUT2D eigenvalue weighted by atomic mass is 10.1. The topological polar surface area (TPSA) is 62.2 Å². The van der Waals surface area contributed by atoms with E-state index in [4.69, 9.17) is 11.6 Å². The van der Waals surface area contributed by atoms with Gasteiger partial charge in [-0.1, -0.05) is 41.4 Å². The van der Waals surface area contributed by atoms with Crippen LogP contribution >= 0.6 is 22.9 Å². The van der Waals surface area contributed by atoms with Crippen LogP contribution in [0.3, 0.4) is 0 Å². The fraction of sp³-hybridized carbons (Fsp3) is 0.0588. The Hall–Kier alpha value is -2.37. The van der Waals surface area contributed by atoms with Gasteiger partial charge in [0.25, 0.3) is 5.91 Å². The number of aromatic nitrogens is 1. The molecule has 0 spiro atoms. The smallest absolute Gasteiger partial charge is 0.257 e. The number of phenolic OH excluding ortho intramolecular Hbond substituents is 1. The maximum atomic E-state index is 12.2. The molecule has 0 fully saturated rings. The lowest BCUT2D eigenvalue weighted by molar-refractivity contribution is 0.102. The minimum absolute atomic E-state index is 0.0564. The molecule has 3 rings (SSSR count). The third-order valence-electron chi connectivity index (χ3n) is 3.28. The van der Waals surface area contributed by atoms with E-state index in [1.807, 2.05) is 36.6 Å². The predicted octanol–water partition coefficient (Wildman–Crippen LogP) is 4.73. The molecule has 0 aliphatic heterocycles. The van der Waals surface area contributed by atoms with Gasteiger partial charge in [0.05, 0.1) is 10.7 Å². The molecule has 3 aromatic rings. The Morgan fingerprint density at radius 3 is 2.65 bits per heavy atom. The molecule has 4 nitrogen and oxygen atoms in total. The van der Waals surface area contributed by atoms with Crippen molar-refractivity contribution in [3.05, 3.63) is 64.0 Å². The minimum atomic E-state index is -0.322. The Kier molecular flexibility index (Phi) is 4.32.